The third-order valence-electron chi connectivity index (χ3n) is 2.45. The predicted octanol–water partition coefficient (Wildman–Crippen LogP) is 0.618. The normalized spacial score (nSPS) is 24.6. The van der Waals surface area contributed by atoms with Crippen LogP contribution in [0.4, 0.5) is 4.79 Å². The van der Waals surface area contributed by atoms with E-state index in [4.69, 9.17) is 9.47 Å². The Morgan fingerprint density at radius 3 is 2.75 bits per heavy atom. The molecular formula is C8H13NO3. The van der Waals surface area contributed by atoms with Gasteiger partial charge in [-0.15, -0.1) is 0 Å². The quantitative estimate of drug-likeness (QED) is 0.580. The molecule has 0 saturated carbocycles. The van der Waals surface area contributed by atoms with E-state index in [1.165, 1.54) is 0 Å². The van der Waals surface area contributed by atoms with Gasteiger partial charge in [0.25, 0.3) is 0 Å². The van der Waals surface area contributed by atoms with Gasteiger partial charge in [0.1, 0.15) is 5.60 Å². The van der Waals surface area contributed by atoms with Crippen LogP contribution in [0.25, 0.3) is 0 Å². The molecule has 4 nitrogen and oxygen atoms in total. The van der Waals surface area contributed by atoms with Crippen molar-refractivity contribution in [3.05, 3.63) is 0 Å². The molecule has 2 fully saturated rings. The SMILES string of the molecule is CCOC(=O)N1CC2(CCO2)C1. The summed E-state index contributed by atoms with van der Waals surface area (Å²) in [7, 11) is 0. The summed E-state index contributed by atoms with van der Waals surface area (Å²) < 4.78 is 10.2. The lowest BCUT2D eigenvalue weighted by molar-refractivity contribution is -0.212. The molecule has 1 spiro atoms. The molecule has 1 amide bonds. The van der Waals surface area contributed by atoms with Crippen LogP contribution in [0.3, 0.4) is 0 Å². The molecular weight excluding hydrogens is 158 g/mol. The van der Waals surface area contributed by atoms with E-state index in [2.05, 4.69) is 0 Å². The Morgan fingerprint density at radius 2 is 2.33 bits per heavy atom. The van der Waals surface area contributed by atoms with Gasteiger partial charge in [-0.25, -0.2) is 4.79 Å². The van der Waals surface area contributed by atoms with Gasteiger partial charge in [0.2, 0.25) is 0 Å². The highest BCUT2D eigenvalue weighted by molar-refractivity contribution is 5.69. The zero-order valence-corrected chi connectivity index (χ0v) is 7.21. The minimum atomic E-state index is -0.210. The van der Waals surface area contributed by atoms with Gasteiger partial charge in [-0.1, -0.05) is 0 Å². The summed E-state index contributed by atoms with van der Waals surface area (Å²) in [4.78, 5) is 12.8. The van der Waals surface area contributed by atoms with Crippen LogP contribution in [0.15, 0.2) is 0 Å². The Kier molecular flexibility index (Phi) is 1.72. The molecule has 2 rings (SSSR count). The third kappa shape index (κ3) is 1.06. The number of rotatable bonds is 1. The van der Waals surface area contributed by atoms with Crippen molar-refractivity contribution in [3.63, 3.8) is 0 Å². The van der Waals surface area contributed by atoms with Crippen LogP contribution in [0.5, 0.6) is 0 Å². The Hall–Kier alpha value is -0.770. The van der Waals surface area contributed by atoms with Crippen molar-refractivity contribution in [2.45, 2.75) is 18.9 Å². The second-order valence-corrected chi connectivity index (χ2v) is 3.34. The van der Waals surface area contributed by atoms with E-state index >= 15 is 0 Å². The van der Waals surface area contributed by atoms with E-state index in [1.807, 2.05) is 6.92 Å². The lowest BCUT2D eigenvalue weighted by Crippen LogP contribution is -2.69. The molecule has 4 heteroatoms. The number of hydrogen-bond acceptors (Lipinski definition) is 3. The second-order valence-electron chi connectivity index (χ2n) is 3.34. The van der Waals surface area contributed by atoms with Gasteiger partial charge in [-0.3, -0.25) is 0 Å². The second kappa shape index (κ2) is 2.62. The van der Waals surface area contributed by atoms with E-state index in [0.717, 1.165) is 13.0 Å². The Labute approximate surface area is 71.4 Å². The molecule has 0 bridgehead atoms. The zero-order chi connectivity index (χ0) is 8.60. The van der Waals surface area contributed by atoms with Gasteiger partial charge in [-0.05, 0) is 6.92 Å². The van der Waals surface area contributed by atoms with E-state index in [-0.39, 0.29) is 11.7 Å². The molecule has 0 aromatic carbocycles. The third-order valence-corrected chi connectivity index (χ3v) is 2.45. The lowest BCUT2D eigenvalue weighted by Gasteiger charge is -2.54. The molecule has 0 unspecified atom stereocenters. The number of nitrogens with zero attached hydrogens (tertiary/aromatic N) is 1. The summed E-state index contributed by atoms with van der Waals surface area (Å²) in [5.74, 6) is 0. The highest BCUT2D eigenvalue weighted by atomic mass is 16.6. The molecule has 0 aromatic heterocycles. The fourth-order valence-electron chi connectivity index (χ4n) is 1.63. The number of amides is 1. The first-order valence-corrected chi connectivity index (χ1v) is 4.31. The largest absolute Gasteiger partial charge is 0.450 e. The van der Waals surface area contributed by atoms with Crippen molar-refractivity contribution >= 4 is 6.09 Å². The van der Waals surface area contributed by atoms with E-state index in [9.17, 15) is 4.79 Å². The number of ether oxygens (including phenoxy) is 2. The number of likely N-dealkylation sites (tertiary alicyclic amines) is 1. The Bertz CT molecular complexity index is 192. The Balaban J connectivity index is 1.76. The van der Waals surface area contributed by atoms with Crippen LogP contribution in [0.2, 0.25) is 0 Å². The lowest BCUT2D eigenvalue weighted by atomic mass is 9.87. The van der Waals surface area contributed by atoms with E-state index in [1.54, 1.807) is 4.90 Å². The number of carbonyl (C=O) groups is 1. The smallest absolute Gasteiger partial charge is 0.409 e. The van der Waals surface area contributed by atoms with Crippen molar-refractivity contribution < 1.29 is 14.3 Å². The number of carbonyl (C=O) groups excluding carboxylic acids is 1. The average Bonchev–Trinajstić information content (AvgIpc) is 1.81. The maximum atomic E-state index is 11.1. The van der Waals surface area contributed by atoms with Gasteiger partial charge >= 0.3 is 6.09 Å². The van der Waals surface area contributed by atoms with Crippen LogP contribution in [-0.2, 0) is 9.47 Å². The summed E-state index contributed by atoms with van der Waals surface area (Å²) in [6, 6.07) is 0. The minimum absolute atomic E-state index is 0.0206. The molecule has 2 aliphatic rings. The summed E-state index contributed by atoms with van der Waals surface area (Å²) in [5, 5.41) is 0. The van der Waals surface area contributed by atoms with Gasteiger partial charge < -0.3 is 14.4 Å². The number of hydrogen-bond donors (Lipinski definition) is 0. The average molecular weight is 171 g/mol. The molecule has 0 aromatic rings. The van der Waals surface area contributed by atoms with E-state index in [0.29, 0.717) is 19.7 Å². The highest BCUT2D eigenvalue weighted by Crippen LogP contribution is 2.35. The first-order valence-electron chi connectivity index (χ1n) is 4.31. The molecule has 2 aliphatic heterocycles. The molecule has 0 N–H and O–H groups in total. The fourth-order valence-corrected chi connectivity index (χ4v) is 1.63. The first kappa shape index (κ1) is 7.86. The van der Waals surface area contributed by atoms with Crippen molar-refractivity contribution in [2.75, 3.05) is 26.3 Å². The highest BCUT2D eigenvalue weighted by Gasteiger charge is 2.51. The molecule has 0 radical (unpaired) electrons. The van der Waals surface area contributed by atoms with Crippen LogP contribution < -0.4 is 0 Å². The first-order chi connectivity index (χ1) is 5.76. The molecule has 0 atom stereocenters. The monoisotopic (exact) mass is 171 g/mol. The molecule has 0 aliphatic carbocycles. The Morgan fingerprint density at radius 1 is 1.67 bits per heavy atom. The summed E-state index contributed by atoms with van der Waals surface area (Å²) >= 11 is 0. The van der Waals surface area contributed by atoms with Crippen LogP contribution in [-0.4, -0.2) is 42.9 Å². The van der Waals surface area contributed by atoms with Gasteiger partial charge in [0.05, 0.1) is 26.3 Å². The summed E-state index contributed by atoms with van der Waals surface area (Å²) in [6.07, 6.45) is 0.877. The zero-order valence-electron chi connectivity index (χ0n) is 7.21. The summed E-state index contributed by atoms with van der Waals surface area (Å²) in [6.45, 7) is 4.53. The van der Waals surface area contributed by atoms with Gasteiger partial charge in [0, 0.05) is 6.42 Å². The topological polar surface area (TPSA) is 38.8 Å². The van der Waals surface area contributed by atoms with E-state index < -0.39 is 0 Å². The van der Waals surface area contributed by atoms with Crippen molar-refractivity contribution in [1.82, 2.24) is 4.90 Å². The molecule has 2 heterocycles. The maximum Gasteiger partial charge on any atom is 0.409 e. The minimum Gasteiger partial charge on any atom is -0.450 e. The fraction of sp³-hybridized carbons (Fsp3) is 0.875. The van der Waals surface area contributed by atoms with Crippen molar-refractivity contribution in [3.8, 4) is 0 Å². The van der Waals surface area contributed by atoms with Crippen LogP contribution in [0.1, 0.15) is 13.3 Å². The van der Waals surface area contributed by atoms with Crippen LogP contribution in [0, 0.1) is 0 Å². The molecule has 2 saturated heterocycles. The van der Waals surface area contributed by atoms with Gasteiger partial charge in [-0.2, -0.15) is 0 Å². The van der Waals surface area contributed by atoms with Crippen LogP contribution >= 0.6 is 0 Å². The summed E-state index contributed by atoms with van der Waals surface area (Å²) in [5.41, 5.74) is 0.0206. The van der Waals surface area contributed by atoms with Crippen molar-refractivity contribution in [2.24, 2.45) is 0 Å². The van der Waals surface area contributed by atoms with Crippen molar-refractivity contribution in [1.29, 1.82) is 0 Å². The molecule has 12 heavy (non-hydrogen) atoms. The maximum absolute atomic E-state index is 11.1. The standard InChI is InChI=1S/C8H13NO3/c1-2-11-7(10)9-5-8(6-9)3-4-12-8/h2-6H2,1H3. The molecule has 68 valence electrons. The predicted molar refractivity (Wildman–Crippen MR) is 41.9 cm³/mol. The van der Waals surface area contributed by atoms with Gasteiger partial charge in [0.15, 0.2) is 0 Å².